The zero-order valence-electron chi connectivity index (χ0n) is 13.4. The minimum Gasteiger partial charge on any atom is -0.384 e. The molecule has 4 heteroatoms. The van der Waals surface area contributed by atoms with Crippen LogP contribution in [-0.2, 0) is 0 Å². The highest BCUT2D eigenvalue weighted by molar-refractivity contribution is 5.83. The fourth-order valence-corrected chi connectivity index (χ4v) is 2.97. The summed E-state index contributed by atoms with van der Waals surface area (Å²) in [5, 5.41) is 0. The summed E-state index contributed by atoms with van der Waals surface area (Å²) in [5.74, 6) is 0.331. The molecule has 0 bridgehead atoms. The number of hydrogen-bond donors (Lipinski definition) is 1. The molecule has 0 radical (unpaired) electrons. The van der Waals surface area contributed by atoms with E-state index in [2.05, 4.69) is 4.98 Å². The van der Waals surface area contributed by atoms with Crippen LogP contribution < -0.4 is 5.73 Å². The second-order valence-corrected chi connectivity index (χ2v) is 5.75. The summed E-state index contributed by atoms with van der Waals surface area (Å²) in [6, 6.07) is 22.2. The zero-order chi connectivity index (χ0) is 17.2. The van der Waals surface area contributed by atoms with Gasteiger partial charge in [0.1, 0.15) is 11.6 Å². The van der Waals surface area contributed by atoms with Crippen LogP contribution in [0.15, 0.2) is 85.2 Å². The first kappa shape index (κ1) is 15.1. The van der Waals surface area contributed by atoms with Crippen LogP contribution >= 0.6 is 0 Å². The molecule has 2 N–H and O–H groups in total. The molecule has 0 saturated heterocycles. The van der Waals surface area contributed by atoms with Crippen molar-refractivity contribution < 1.29 is 4.39 Å². The van der Waals surface area contributed by atoms with E-state index in [4.69, 9.17) is 5.73 Å². The second-order valence-electron chi connectivity index (χ2n) is 5.75. The fraction of sp³-hybridized carbons (Fsp3) is 0. The third-order valence-electron chi connectivity index (χ3n) is 4.17. The van der Waals surface area contributed by atoms with Crippen molar-refractivity contribution in [3.63, 3.8) is 0 Å². The van der Waals surface area contributed by atoms with Gasteiger partial charge in [0.25, 0.3) is 0 Å². The van der Waals surface area contributed by atoms with Crippen molar-refractivity contribution in [3.05, 3.63) is 91.0 Å². The fourth-order valence-electron chi connectivity index (χ4n) is 2.97. The number of nitrogens with two attached hydrogens (primary N) is 1. The normalized spacial score (nSPS) is 10.8. The van der Waals surface area contributed by atoms with Crippen LogP contribution in [0.3, 0.4) is 0 Å². The van der Waals surface area contributed by atoms with Gasteiger partial charge in [-0.3, -0.25) is 9.55 Å². The summed E-state index contributed by atoms with van der Waals surface area (Å²) in [6.07, 6.45) is 3.53. The molecule has 2 heterocycles. The summed E-state index contributed by atoms with van der Waals surface area (Å²) < 4.78 is 15.3. The lowest BCUT2D eigenvalue weighted by Gasteiger charge is -2.12. The molecule has 4 aromatic rings. The first-order valence-corrected chi connectivity index (χ1v) is 7.97. The zero-order valence-corrected chi connectivity index (χ0v) is 13.4. The molecule has 0 saturated carbocycles. The topological polar surface area (TPSA) is 43.8 Å². The Hall–Kier alpha value is -3.40. The highest BCUT2D eigenvalue weighted by atomic mass is 19.1. The molecule has 0 fully saturated rings. The average Bonchev–Trinajstić information content (AvgIpc) is 3.01. The Kier molecular flexibility index (Phi) is 3.78. The summed E-state index contributed by atoms with van der Waals surface area (Å²) in [5.41, 5.74) is 11.1. The molecule has 3 nitrogen and oxygen atoms in total. The van der Waals surface area contributed by atoms with E-state index in [0.29, 0.717) is 5.82 Å². The van der Waals surface area contributed by atoms with Gasteiger partial charge < -0.3 is 5.73 Å². The van der Waals surface area contributed by atoms with E-state index in [0.717, 1.165) is 28.1 Å². The van der Waals surface area contributed by atoms with Gasteiger partial charge in [0, 0.05) is 29.2 Å². The first-order chi connectivity index (χ1) is 12.2. The number of hydrogen-bond acceptors (Lipinski definition) is 2. The number of rotatable bonds is 3. The standard InChI is InChI=1S/C21H16FN3/c22-17-8-10-18(11-9-17)25-20(16-7-4-12-24-14-16)13-19(21(25)23)15-5-2-1-3-6-15/h1-14H,23H2. The van der Waals surface area contributed by atoms with Gasteiger partial charge in [-0.1, -0.05) is 30.3 Å². The van der Waals surface area contributed by atoms with Gasteiger partial charge in [0.05, 0.1) is 5.69 Å². The van der Waals surface area contributed by atoms with Crippen molar-refractivity contribution in [1.82, 2.24) is 9.55 Å². The third-order valence-corrected chi connectivity index (χ3v) is 4.17. The molecular formula is C21H16FN3. The van der Waals surface area contributed by atoms with Crippen LogP contribution in [0.5, 0.6) is 0 Å². The van der Waals surface area contributed by atoms with Crippen molar-refractivity contribution in [2.45, 2.75) is 0 Å². The van der Waals surface area contributed by atoms with Gasteiger partial charge in [0.15, 0.2) is 0 Å². The molecule has 0 aliphatic rings. The van der Waals surface area contributed by atoms with Gasteiger partial charge in [-0.25, -0.2) is 4.39 Å². The Labute approximate surface area is 145 Å². The lowest BCUT2D eigenvalue weighted by atomic mass is 10.1. The Balaban J connectivity index is 1.97. The van der Waals surface area contributed by atoms with Gasteiger partial charge >= 0.3 is 0 Å². The van der Waals surface area contributed by atoms with Crippen molar-refractivity contribution >= 4 is 5.82 Å². The van der Waals surface area contributed by atoms with Crippen LogP contribution in [0.25, 0.3) is 28.1 Å². The molecule has 122 valence electrons. The van der Waals surface area contributed by atoms with Crippen molar-refractivity contribution in [3.8, 4) is 28.1 Å². The minimum atomic E-state index is -0.277. The Bertz CT molecular complexity index is 991. The second kappa shape index (κ2) is 6.24. The molecule has 2 aromatic heterocycles. The van der Waals surface area contributed by atoms with Crippen molar-refractivity contribution in [2.75, 3.05) is 5.73 Å². The summed E-state index contributed by atoms with van der Waals surface area (Å²) in [6.45, 7) is 0. The maximum atomic E-state index is 13.3. The summed E-state index contributed by atoms with van der Waals surface area (Å²) >= 11 is 0. The molecule has 0 spiro atoms. The monoisotopic (exact) mass is 329 g/mol. The van der Waals surface area contributed by atoms with Gasteiger partial charge in [-0.15, -0.1) is 0 Å². The molecular weight excluding hydrogens is 313 g/mol. The van der Waals surface area contributed by atoms with Gasteiger partial charge in [0.2, 0.25) is 0 Å². The van der Waals surface area contributed by atoms with Crippen LogP contribution in [0, 0.1) is 5.82 Å². The lowest BCUT2D eigenvalue weighted by Crippen LogP contribution is -2.02. The average molecular weight is 329 g/mol. The number of halogens is 1. The summed E-state index contributed by atoms with van der Waals surface area (Å²) in [7, 11) is 0. The van der Waals surface area contributed by atoms with Crippen LogP contribution in [-0.4, -0.2) is 9.55 Å². The maximum absolute atomic E-state index is 13.3. The van der Waals surface area contributed by atoms with E-state index in [9.17, 15) is 4.39 Å². The Morgan fingerprint density at radius 3 is 2.24 bits per heavy atom. The number of aromatic nitrogens is 2. The number of benzene rings is 2. The first-order valence-electron chi connectivity index (χ1n) is 7.97. The van der Waals surface area contributed by atoms with E-state index in [1.54, 1.807) is 24.5 Å². The molecule has 25 heavy (non-hydrogen) atoms. The number of nitrogen functional groups attached to an aromatic ring is 1. The molecule has 2 aromatic carbocycles. The third kappa shape index (κ3) is 2.78. The smallest absolute Gasteiger partial charge is 0.123 e. The quantitative estimate of drug-likeness (QED) is 0.579. The van der Waals surface area contributed by atoms with E-state index in [1.165, 1.54) is 12.1 Å². The van der Waals surface area contributed by atoms with E-state index in [-0.39, 0.29) is 5.82 Å². The molecule has 0 aliphatic heterocycles. The highest BCUT2D eigenvalue weighted by Crippen LogP contribution is 2.36. The maximum Gasteiger partial charge on any atom is 0.123 e. The number of anilines is 1. The molecule has 0 unspecified atom stereocenters. The predicted octanol–water partition coefficient (Wildman–Crippen LogP) is 4.93. The van der Waals surface area contributed by atoms with Crippen LogP contribution in [0.1, 0.15) is 0 Å². The van der Waals surface area contributed by atoms with E-state index < -0.39 is 0 Å². The molecule has 4 rings (SSSR count). The van der Waals surface area contributed by atoms with E-state index in [1.807, 2.05) is 53.1 Å². The Morgan fingerprint density at radius 1 is 0.840 bits per heavy atom. The lowest BCUT2D eigenvalue weighted by molar-refractivity contribution is 0.627. The number of nitrogens with zero attached hydrogens (tertiary/aromatic N) is 2. The largest absolute Gasteiger partial charge is 0.384 e. The predicted molar refractivity (Wildman–Crippen MR) is 98.8 cm³/mol. The number of pyridine rings is 1. The van der Waals surface area contributed by atoms with E-state index >= 15 is 0 Å². The minimum absolute atomic E-state index is 0.277. The van der Waals surface area contributed by atoms with Gasteiger partial charge in [-0.05, 0) is 48.0 Å². The van der Waals surface area contributed by atoms with Crippen LogP contribution in [0.2, 0.25) is 0 Å². The summed E-state index contributed by atoms with van der Waals surface area (Å²) in [4.78, 5) is 4.21. The molecule has 0 amide bonds. The SMILES string of the molecule is Nc1c(-c2ccccc2)cc(-c2cccnc2)n1-c1ccc(F)cc1. The molecule has 0 atom stereocenters. The highest BCUT2D eigenvalue weighted by Gasteiger charge is 2.17. The van der Waals surface area contributed by atoms with Gasteiger partial charge in [-0.2, -0.15) is 0 Å². The molecule has 0 aliphatic carbocycles. The Morgan fingerprint density at radius 2 is 1.56 bits per heavy atom. The van der Waals surface area contributed by atoms with Crippen molar-refractivity contribution in [2.24, 2.45) is 0 Å². The van der Waals surface area contributed by atoms with Crippen molar-refractivity contribution in [1.29, 1.82) is 0 Å². The van der Waals surface area contributed by atoms with Crippen LogP contribution in [0.4, 0.5) is 10.2 Å².